The van der Waals surface area contributed by atoms with Gasteiger partial charge in [-0.05, 0) is 61.9 Å². The van der Waals surface area contributed by atoms with Crippen molar-refractivity contribution in [3.05, 3.63) is 89.7 Å². The van der Waals surface area contributed by atoms with E-state index in [1.807, 2.05) is 50.2 Å². The van der Waals surface area contributed by atoms with E-state index >= 15 is 0 Å². The number of nitrogens with zero attached hydrogens (tertiary/aromatic N) is 3. The summed E-state index contributed by atoms with van der Waals surface area (Å²) >= 11 is 0. The van der Waals surface area contributed by atoms with Gasteiger partial charge in [0.2, 0.25) is 0 Å². The largest absolute Gasteiger partial charge is 0.460 e. The van der Waals surface area contributed by atoms with Crippen LogP contribution in [0.5, 0.6) is 6.01 Å². The molecule has 1 amide bonds. The highest BCUT2D eigenvalue weighted by Gasteiger charge is 2.16. The molecule has 0 aliphatic heterocycles. The van der Waals surface area contributed by atoms with Crippen LogP contribution < -0.4 is 10.1 Å². The summed E-state index contributed by atoms with van der Waals surface area (Å²) in [5.74, 6) is -0.211. The van der Waals surface area contributed by atoms with Crippen molar-refractivity contribution >= 4 is 11.6 Å². The summed E-state index contributed by atoms with van der Waals surface area (Å²) in [5.41, 5.74) is 3.54. The zero-order valence-corrected chi connectivity index (χ0v) is 19.0. The number of halogens is 1. The molecule has 3 aromatic carbocycles. The first-order chi connectivity index (χ1) is 16.5. The lowest BCUT2D eigenvalue weighted by Gasteiger charge is -2.09. The second kappa shape index (κ2) is 10.7. The monoisotopic (exact) mass is 460 g/mol. The fourth-order valence-corrected chi connectivity index (χ4v) is 3.39. The zero-order valence-electron chi connectivity index (χ0n) is 19.0. The van der Waals surface area contributed by atoms with Gasteiger partial charge >= 0.3 is 6.01 Å². The fourth-order valence-electron chi connectivity index (χ4n) is 3.39. The van der Waals surface area contributed by atoms with Crippen LogP contribution in [0.2, 0.25) is 0 Å². The van der Waals surface area contributed by atoms with Crippen molar-refractivity contribution in [2.45, 2.75) is 13.8 Å². The maximum atomic E-state index is 13.4. The number of hydrogen-bond acceptors (Lipinski definition) is 5. The van der Waals surface area contributed by atoms with Gasteiger partial charge in [0.15, 0.2) is 5.82 Å². The van der Waals surface area contributed by atoms with Crippen LogP contribution >= 0.6 is 0 Å². The molecule has 1 aromatic heterocycles. The van der Waals surface area contributed by atoms with Gasteiger partial charge in [0, 0.05) is 23.4 Å². The van der Waals surface area contributed by atoms with Crippen LogP contribution in [0.4, 0.5) is 10.1 Å². The van der Waals surface area contributed by atoms with Crippen LogP contribution in [0, 0.1) is 12.7 Å². The van der Waals surface area contributed by atoms with Gasteiger partial charge in [-0.1, -0.05) is 30.3 Å². The second-order valence-electron chi connectivity index (χ2n) is 7.50. The molecular formula is C26H25FN4O3. The third-order valence-electron chi connectivity index (χ3n) is 5.09. The van der Waals surface area contributed by atoms with Crippen LogP contribution in [0.25, 0.3) is 17.1 Å². The minimum absolute atomic E-state index is 0.246. The molecule has 8 heteroatoms. The van der Waals surface area contributed by atoms with Crippen molar-refractivity contribution in [1.82, 2.24) is 14.8 Å². The van der Waals surface area contributed by atoms with E-state index in [9.17, 15) is 9.18 Å². The molecule has 0 aliphatic rings. The highest BCUT2D eigenvalue weighted by atomic mass is 19.1. The molecular weight excluding hydrogens is 435 g/mol. The van der Waals surface area contributed by atoms with E-state index in [2.05, 4.69) is 15.4 Å². The molecule has 1 N–H and O–H groups in total. The van der Waals surface area contributed by atoms with Crippen molar-refractivity contribution in [3.63, 3.8) is 0 Å². The molecule has 7 nitrogen and oxygen atoms in total. The van der Waals surface area contributed by atoms with E-state index in [-0.39, 0.29) is 11.6 Å². The molecule has 0 unspecified atom stereocenters. The molecule has 0 aliphatic carbocycles. The maximum Gasteiger partial charge on any atom is 0.336 e. The van der Waals surface area contributed by atoms with Gasteiger partial charge in [-0.15, -0.1) is 5.10 Å². The smallest absolute Gasteiger partial charge is 0.336 e. The number of nitrogens with one attached hydrogen (secondary N) is 1. The SMILES string of the molecule is CCOCCOc1nc(-c2ccccc2C)n(-c2ccc(NC(=O)c3cccc(F)c3)cc2)n1. The number of rotatable bonds is 9. The molecule has 1 heterocycles. The Morgan fingerprint density at radius 2 is 1.82 bits per heavy atom. The average Bonchev–Trinajstić information content (AvgIpc) is 3.26. The molecule has 0 radical (unpaired) electrons. The predicted octanol–water partition coefficient (Wildman–Crippen LogP) is 5.05. The van der Waals surface area contributed by atoms with Crippen molar-refractivity contribution in [2.24, 2.45) is 0 Å². The molecule has 0 saturated heterocycles. The van der Waals surface area contributed by atoms with Crippen molar-refractivity contribution in [1.29, 1.82) is 0 Å². The van der Waals surface area contributed by atoms with Crippen LogP contribution in [-0.4, -0.2) is 40.5 Å². The molecule has 0 saturated carbocycles. The van der Waals surface area contributed by atoms with E-state index in [0.717, 1.165) is 16.8 Å². The summed E-state index contributed by atoms with van der Waals surface area (Å²) in [4.78, 5) is 17.0. The van der Waals surface area contributed by atoms with E-state index in [1.165, 1.54) is 18.2 Å². The summed E-state index contributed by atoms with van der Waals surface area (Å²) in [6.07, 6.45) is 0. The number of carbonyl (C=O) groups is 1. The molecule has 0 bridgehead atoms. The van der Waals surface area contributed by atoms with Gasteiger partial charge in [0.1, 0.15) is 12.4 Å². The second-order valence-corrected chi connectivity index (χ2v) is 7.50. The standard InChI is InChI=1S/C26H25FN4O3/c1-3-33-15-16-34-26-29-24(23-10-5-4-7-18(23)2)31(30-26)22-13-11-21(12-14-22)28-25(32)19-8-6-9-20(27)17-19/h4-14,17H,3,15-16H2,1-2H3,(H,28,32). The average molecular weight is 461 g/mol. The summed E-state index contributed by atoms with van der Waals surface area (Å²) in [6, 6.07) is 20.9. The molecule has 174 valence electrons. The van der Waals surface area contributed by atoms with E-state index in [4.69, 9.17) is 9.47 Å². The lowest BCUT2D eigenvalue weighted by molar-refractivity contribution is 0.102. The Hall–Kier alpha value is -4.04. The highest BCUT2D eigenvalue weighted by Crippen LogP contribution is 2.27. The van der Waals surface area contributed by atoms with E-state index in [0.29, 0.717) is 31.3 Å². The van der Waals surface area contributed by atoms with E-state index < -0.39 is 11.7 Å². The third kappa shape index (κ3) is 5.47. The summed E-state index contributed by atoms with van der Waals surface area (Å²) in [6.45, 7) is 5.34. The quantitative estimate of drug-likeness (QED) is 0.354. The van der Waals surface area contributed by atoms with Crippen molar-refractivity contribution in [2.75, 3.05) is 25.1 Å². The van der Waals surface area contributed by atoms with Gasteiger partial charge < -0.3 is 14.8 Å². The molecule has 4 aromatic rings. The van der Waals surface area contributed by atoms with Crippen LogP contribution in [0.15, 0.2) is 72.8 Å². The van der Waals surface area contributed by atoms with Crippen LogP contribution in [-0.2, 0) is 4.74 Å². The highest BCUT2D eigenvalue weighted by molar-refractivity contribution is 6.04. The topological polar surface area (TPSA) is 78.3 Å². The predicted molar refractivity (Wildman–Crippen MR) is 128 cm³/mol. The Labute approximate surface area is 197 Å². The molecule has 0 atom stereocenters. The van der Waals surface area contributed by atoms with Crippen LogP contribution in [0.3, 0.4) is 0 Å². The maximum absolute atomic E-state index is 13.4. The van der Waals surface area contributed by atoms with Crippen LogP contribution in [0.1, 0.15) is 22.8 Å². The lowest BCUT2D eigenvalue weighted by atomic mass is 10.1. The van der Waals surface area contributed by atoms with Gasteiger partial charge in [0.05, 0.1) is 12.3 Å². The summed E-state index contributed by atoms with van der Waals surface area (Å²) in [7, 11) is 0. The lowest BCUT2D eigenvalue weighted by Crippen LogP contribution is -2.12. The minimum atomic E-state index is -0.461. The molecule has 0 spiro atoms. The van der Waals surface area contributed by atoms with Gasteiger partial charge in [-0.25, -0.2) is 9.07 Å². The minimum Gasteiger partial charge on any atom is -0.460 e. The number of ether oxygens (including phenoxy) is 2. The first-order valence-corrected chi connectivity index (χ1v) is 11.0. The number of amides is 1. The van der Waals surface area contributed by atoms with Crippen molar-refractivity contribution < 1.29 is 18.7 Å². The van der Waals surface area contributed by atoms with Gasteiger partial charge in [-0.2, -0.15) is 4.98 Å². The Balaban J connectivity index is 1.59. The zero-order chi connectivity index (χ0) is 23.9. The molecule has 0 fully saturated rings. The number of hydrogen-bond donors (Lipinski definition) is 1. The Kier molecular flexibility index (Phi) is 7.29. The number of benzene rings is 3. The Morgan fingerprint density at radius 1 is 1.03 bits per heavy atom. The van der Waals surface area contributed by atoms with E-state index in [1.54, 1.807) is 22.9 Å². The molecule has 4 rings (SSSR count). The first-order valence-electron chi connectivity index (χ1n) is 11.0. The number of aryl methyl sites for hydroxylation is 1. The normalized spacial score (nSPS) is 10.8. The Bertz CT molecular complexity index is 1270. The van der Waals surface area contributed by atoms with Crippen molar-refractivity contribution in [3.8, 4) is 23.1 Å². The van der Waals surface area contributed by atoms with Gasteiger partial charge in [0.25, 0.3) is 5.91 Å². The number of aromatic nitrogens is 3. The molecule has 34 heavy (non-hydrogen) atoms. The summed E-state index contributed by atoms with van der Waals surface area (Å²) < 4.78 is 26.1. The number of anilines is 1. The Morgan fingerprint density at radius 3 is 2.56 bits per heavy atom. The van der Waals surface area contributed by atoms with Gasteiger partial charge in [-0.3, -0.25) is 4.79 Å². The summed E-state index contributed by atoms with van der Waals surface area (Å²) in [5, 5.41) is 7.32. The third-order valence-corrected chi connectivity index (χ3v) is 5.09. The first kappa shape index (κ1) is 23.1. The number of carbonyl (C=O) groups excluding carboxylic acids is 1. The fraction of sp³-hybridized carbons (Fsp3) is 0.192.